The van der Waals surface area contributed by atoms with Crippen LogP contribution in [0.15, 0.2) is 29.6 Å². The number of hydrogen-bond acceptors (Lipinski definition) is 3. The molecule has 1 aromatic heterocycles. The van der Waals surface area contributed by atoms with Crippen LogP contribution in [0.25, 0.3) is 6.08 Å². The highest BCUT2D eigenvalue weighted by Gasteiger charge is 1.93. The molecule has 0 atom stereocenters. The van der Waals surface area contributed by atoms with Gasteiger partial charge in [-0.05, 0) is 38.0 Å². The Balaban J connectivity index is 2.66. The third-order valence-electron chi connectivity index (χ3n) is 2.07. The van der Waals surface area contributed by atoms with Gasteiger partial charge in [0.15, 0.2) is 0 Å². The van der Waals surface area contributed by atoms with Crippen LogP contribution in [0, 0.1) is 6.92 Å². The molecule has 1 aromatic rings. The van der Waals surface area contributed by atoms with Crippen LogP contribution in [-0.2, 0) is 0 Å². The van der Waals surface area contributed by atoms with Crippen molar-refractivity contribution in [3.8, 4) is 0 Å². The molecule has 1 heterocycles. The molecule has 86 valence electrons. The van der Waals surface area contributed by atoms with Crippen LogP contribution in [0.1, 0.15) is 31.5 Å². The quantitative estimate of drug-likeness (QED) is 0.560. The zero-order valence-corrected chi connectivity index (χ0v) is 10.2. The topological polar surface area (TPSA) is 28.5 Å². The molecule has 0 saturated carbocycles. The Morgan fingerprint density at radius 3 is 2.81 bits per heavy atom. The zero-order valence-electron chi connectivity index (χ0n) is 10.2. The number of rotatable bonds is 5. The van der Waals surface area contributed by atoms with Crippen LogP contribution in [0.3, 0.4) is 0 Å². The molecule has 0 aromatic carbocycles. The maximum atomic E-state index is 4.31. The SMILES string of the molecule is C/C=N\N(/C=C/c1ccc(C)cn1)CCC. The summed E-state index contributed by atoms with van der Waals surface area (Å²) in [6.45, 7) is 7.01. The van der Waals surface area contributed by atoms with E-state index in [4.69, 9.17) is 0 Å². The molecular formula is C13H19N3. The number of pyridine rings is 1. The molecule has 0 bridgehead atoms. The second-order valence-electron chi connectivity index (χ2n) is 3.61. The van der Waals surface area contributed by atoms with E-state index in [-0.39, 0.29) is 0 Å². The molecule has 0 N–H and O–H groups in total. The van der Waals surface area contributed by atoms with Crippen molar-refractivity contribution in [2.75, 3.05) is 6.54 Å². The molecule has 0 fully saturated rings. The zero-order chi connectivity index (χ0) is 11.8. The van der Waals surface area contributed by atoms with Gasteiger partial charge in [-0.3, -0.25) is 9.99 Å². The second-order valence-corrected chi connectivity index (χ2v) is 3.61. The van der Waals surface area contributed by atoms with E-state index in [1.807, 2.05) is 43.4 Å². The van der Waals surface area contributed by atoms with Crippen LogP contribution < -0.4 is 0 Å². The average molecular weight is 217 g/mol. The van der Waals surface area contributed by atoms with Crippen molar-refractivity contribution in [2.45, 2.75) is 27.2 Å². The van der Waals surface area contributed by atoms with Gasteiger partial charge in [0.05, 0.1) is 5.69 Å². The van der Waals surface area contributed by atoms with E-state index in [0.717, 1.165) is 18.7 Å². The highest BCUT2D eigenvalue weighted by Crippen LogP contribution is 2.02. The monoisotopic (exact) mass is 217 g/mol. The van der Waals surface area contributed by atoms with E-state index in [1.54, 1.807) is 6.21 Å². The summed E-state index contributed by atoms with van der Waals surface area (Å²) >= 11 is 0. The van der Waals surface area contributed by atoms with E-state index in [9.17, 15) is 0 Å². The summed E-state index contributed by atoms with van der Waals surface area (Å²) in [5.74, 6) is 0. The highest BCUT2D eigenvalue weighted by molar-refractivity contribution is 5.53. The van der Waals surface area contributed by atoms with Crippen molar-refractivity contribution in [3.63, 3.8) is 0 Å². The normalized spacial score (nSPS) is 11.4. The Hall–Kier alpha value is -1.64. The van der Waals surface area contributed by atoms with Gasteiger partial charge in [-0.15, -0.1) is 0 Å². The maximum Gasteiger partial charge on any atom is 0.0645 e. The third kappa shape index (κ3) is 4.26. The molecule has 1 rings (SSSR count). The molecule has 3 heteroatoms. The Morgan fingerprint density at radius 1 is 1.44 bits per heavy atom. The minimum absolute atomic E-state index is 0.923. The van der Waals surface area contributed by atoms with Crippen molar-refractivity contribution in [1.29, 1.82) is 0 Å². The van der Waals surface area contributed by atoms with Crippen LogP contribution in [0.2, 0.25) is 0 Å². The molecule has 0 spiro atoms. The molecular weight excluding hydrogens is 198 g/mol. The first-order valence-corrected chi connectivity index (χ1v) is 5.62. The summed E-state index contributed by atoms with van der Waals surface area (Å²) in [4.78, 5) is 4.31. The molecule has 0 unspecified atom stereocenters. The molecule has 0 saturated heterocycles. The molecule has 16 heavy (non-hydrogen) atoms. The molecule has 0 aliphatic heterocycles. The third-order valence-corrected chi connectivity index (χ3v) is 2.07. The first kappa shape index (κ1) is 12.4. The van der Waals surface area contributed by atoms with Crippen molar-refractivity contribution in [3.05, 3.63) is 35.8 Å². The van der Waals surface area contributed by atoms with Crippen LogP contribution in [-0.4, -0.2) is 22.8 Å². The lowest BCUT2D eigenvalue weighted by atomic mass is 10.3. The first-order chi connectivity index (χ1) is 7.76. The van der Waals surface area contributed by atoms with E-state index in [1.165, 1.54) is 5.56 Å². The van der Waals surface area contributed by atoms with Gasteiger partial charge in [-0.25, -0.2) is 0 Å². The highest BCUT2D eigenvalue weighted by atomic mass is 15.4. The number of aromatic nitrogens is 1. The summed E-state index contributed by atoms with van der Waals surface area (Å²) in [7, 11) is 0. The second kappa shape index (κ2) is 6.77. The molecule has 3 nitrogen and oxygen atoms in total. The number of hydrazone groups is 1. The lowest BCUT2D eigenvalue weighted by Crippen LogP contribution is -2.10. The van der Waals surface area contributed by atoms with Crippen LogP contribution in [0.4, 0.5) is 0 Å². The lowest BCUT2D eigenvalue weighted by Gasteiger charge is -2.11. The van der Waals surface area contributed by atoms with Crippen molar-refractivity contribution >= 4 is 12.3 Å². The van der Waals surface area contributed by atoms with Gasteiger partial charge in [0.25, 0.3) is 0 Å². The van der Waals surface area contributed by atoms with E-state index in [2.05, 4.69) is 23.1 Å². The first-order valence-electron chi connectivity index (χ1n) is 5.62. The fraction of sp³-hybridized carbons (Fsp3) is 0.385. The Kier molecular flexibility index (Phi) is 5.26. The Labute approximate surface area is 97.5 Å². The average Bonchev–Trinajstić information content (AvgIpc) is 2.29. The number of nitrogens with zero attached hydrogens (tertiary/aromatic N) is 3. The standard InChI is InChI=1S/C13H19N3/c1-4-9-16(15-5-2)10-8-13-7-6-12(3)11-14-13/h5-8,10-11H,4,9H2,1-3H3/b10-8+,15-5-. The predicted octanol–water partition coefficient (Wildman–Crippen LogP) is 3.08. The van der Waals surface area contributed by atoms with E-state index in [0.29, 0.717) is 0 Å². The van der Waals surface area contributed by atoms with Crippen LogP contribution in [0.5, 0.6) is 0 Å². The van der Waals surface area contributed by atoms with Crippen molar-refractivity contribution in [1.82, 2.24) is 9.99 Å². The van der Waals surface area contributed by atoms with Gasteiger partial charge in [-0.1, -0.05) is 13.0 Å². The fourth-order valence-electron chi connectivity index (χ4n) is 1.29. The van der Waals surface area contributed by atoms with E-state index >= 15 is 0 Å². The minimum Gasteiger partial charge on any atom is -0.273 e. The molecule has 0 amide bonds. The summed E-state index contributed by atoms with van der Waals surface area (Å²) in [5.41, 5.74) is 2.13. The summed E-state index contributed by atoms with van der Waals surface area (Å²) in [5, 5.41) is 6.16. The number of aryl methyl sites for hydroxylation is 1. The predicted molar refractivity (Wildman–Crippen MR) is 69.2 cm³/mol. The summed E-state index contributed by atoms with van der Waals surface area (Å²) < 4.78 is 0. The van der Waals surface area contributed by atoms with Crippen molar-refractivity contribution in [2.24, 2.45) is 5.10 Å². The van der Waals surface area contributed by atoms with Crippen molar-refractivity contribution < 1.29 is 0 Å². The van der Waals surface area contributed by atoms with Gasteiger partial charge in [0.1, 0.15) is 0 Å². The molecule has 0 aliphatic carbocycles. The van der Waals surface area contributed by atoms with Gasteiger partial charge >= 0.3 is 0 Å². The largest absolute Gasteiger partial charge is 0.273 e. The van der Waals surface area contributed by atoms with Gasteiger partial charge < -0.3 is 0 Å². The van der Waals surface area contributed by atoms with Gasteiger partial charge in [0.2, 0.25) is 0 Å². The fourth-order valence-corrected chi connectivity index (χ4v) is 1.29. The van der Waals surface area contributed by atoms with Gasteiger partial charge in [-0.2, -0.15) is 5.10 Å². The molecule has 0 radical (unpaired) electrons. The maximum absolute atomic E-state index is 4.31. The summed E-state index contributed by atoms with van der Waals surface area (Å²) in [6.07, 6.45) is 8.67. The smallest absolute Gasteiger partial charge is 0.0645 e. The number of hydrogen-bond donors (Lipinski definition) is 0. The summed E-state index contributed by atoms with van der Waals surface area (Å²) in [6, 6.07) is 4.06. The minimum atomic E-state index is 0.923. The Morgan fingerprint density at radius 2 is 2.25 bits per heavy atom. The Bertz CT molecular complexity index is 352. The van der Waals surface area contributed by atoms with Crippen LogP contribution >= 0.6 is 0 Å². The van der Waals surface area contributed by atoms with Gasteiger partial charge in [0, 0.05) is 25.2 Å². The lowest BCUT2D eigenvalue weighted by molar-refractivity contribution is 0.402. The molecule has 0 aliphatic rings. The van der Waals surface area contributed by atoms with E-state index < -0.39 is 0 Å².